The number of fused-ring (bicyclic) bond motifs is 3. The molecule has 5 heteroatoms. The quantitative estimate of drug-likeness (QED) is 0.854. The van der Waals surface area contributed by atoms with Crippen molar-refractivity contribution in [3.63, 3.8) is 0 Å². The zero-order chi connectivity index (χ0) is 14.4. The fraction of sp³-hybridized carbons (Fsp3) is 0.294. The normalized spacial score (nSPS) is 22.7. The maximum absolute atomic E-state index is 13.6. The minimum Gasteiger partial charge on any atom is -0.337 e. The van der Waals surface area contributed by atoms with Crippen LogP contribution in [0.2, 0.25) is 0 Å². The average Bonchev–Trinajstić information content (AvgIpc) is 2.81. The molecule has 2 aromatic carbocycles. The highest BCUT2D eigenvalue weighted by atomic mass is 35.5. The molecule has 2 aromatic rings. The van der Waals surface area contributed by atoms with Crippen LogP contribution in [0, 0.1) is 11.6 Å². The van der Waals surface area contributed by atoms with Crippen molar-refractivity contribution in [2.75, 3.05) is 18.0 Å². The monoisotopic (exact) mass is 322 g/mol. The molecule has 1 fully saturated rings. The largest absolute Gasteiger partial charge is 0.337 e. The van der Waals surface area contributed by atoms with E-state index in [-0.39, 0.29) is 36.0 Å². The molecule has 22 heavy (non-hydrogen) atoms. The van der Waals surface area contributed by atoms with Crippen molar-refractivity contribution >= 4 is 23.8 Å². The van der Waals surface area contributed by atoms with Gasteiger partial charge in [0, 0.05) is 29.9 Å². The van der Waals surface area contributed by atoms with Crippen LogP contribution in [0.15, 0.2) is 42.5 Å². The van der Waals surface area contributed by atoms with Gasteiger partial charge in [-0.3, -0.25) is 0 Å². The summed E-state index contributed by atoms with van der Waals surface area (Å²) in [4.78, 5) is 2.17. The molecule has 4 rings (SSSR count). The van der Waals surface area contributed by atoms with Gasteiger partial charge in [0.1, 0.15) is 11.6 Å². The molecule has 116 valence electrons. The minimum atomic E-state index is -0.242. The molecule has 2 aliphatic rings. The van der Waals surface area contributed by atoms with Gasteiger partial charge in [0.05, 0.1) is 0 Å². The van der Waals surface area contributed by atoms with Crippen LogP contribution in [0.4, 0.5) is 20.2 Å². The predicted octanol–water partition coefficient (Wildman–Crippen LogP) is 3.98. The van der Waals surface area contributed by atoms with Gasteiger partial charge in [-0.15, -0.1) is 12.4 Å². The van der Waals surface area contributed by atoms with E-state index in [2.05, 4.69) is 10.2 Å². The first-order valence-electron chi connectivity index (χ1n) is 7.29. The van der Waals surface area contributed by atoms with Gasteiger partial charge in [-0.2, -0.15) is 0 Å². The van der Waals surface area contributed by atoms with Crippen molar-refractivity contribution in [1.82, 2.24) is 5.32 Å². The highest BCUT2D eigenvalue weighted by molar-refractivity contribution is 5.85. The van der Waals surface area contributed by atoms with Gasteiger partial charge < -0.3 is 10.2 Å². The SMILES string of the molecule is Cl.Fc1cccc(N2c3ccc(F)cc3C3CNCCC32)c1. The topological polar surface area (TPSA) is 15.3 Å². The molecule has 0 bridgehead atoms. The predicted molar refractivity (Wildman–Crippen MR) is 86.2 cm³/mol. The Morgan fingerprint density at radius 2 is 1.86 bits per heavy atom. The smallest absolute Gasteiger partial charge is 0.125 e. The van der Waals surface area contributed by atoms with Crippen molar-refractivity contribution in [1.29, 1.82) is 0 Å². The Labute approximate surface area is 134 Å². The van der Waals surface area contributed by atoms with Gasteiger partial charge in [0.15, 0.2) is 0 Å². The maximum atomic E-state index is 13.6. The second-order valence-electron chi connectivity index (χ2n) is 5.72. The number of anilines is 2. The molecule has 0 spiro atoms. The summed E-state index contributed by atoms with van der Waals surface area (Å²) in [7, 11) is 0. The summed E-state index contributed by atoms with van der Waals surface area (Å²) < 4.78 is 27.2. The summed E-state index contributed by atoms with van der Waals surface area (Å²) in [5.74, 6) is -0.194. The van der Waals surface area contributed by atoms with E-state index in [1.54, 1.807) is 18.2 Å². The van der Waals surface area contributed by atoms with E-state index in [0.717, 1.165) is 36.4 Å². The molecule has 2 atom stereocenters. The van der Waals surface area contributed by atoms with Gasteiger partial charge >= 0.3 is 0 Å². The van der Waals surface area contributed by atoms with Crippen molar-refractivity contribution in [3.05, 3.63) is 59.7 Å². The summed E-state index contributed by atoms with van der Waals surface area (Å²) in [6, 6.07) is 11.8. The minimum absolute atomic E-state index is 0. The lowest BCUT2D eigenvalue weighted by molar-refractivity contribution is 0.418. The fourth-order valence-electron chi connectivity index (χ4n) is 3.65. The maximum Gasteiger partial charge on any atom is 0.125 e. The summed E-state index contributed by atoms with van der Waals surface area (Å²) >= 11 is 0. The lowest BCUT2D eigenvalue weighted by atomic mass is 9.90. The van der Waals surface area contributed by atoms with Crippen molar-refractivity contribution in [3.8, 4) is 0 Å². The molecule has 1 N–H and O–H groups in total. The summed E-state index contributed by atoms with van der Waals surface area (Å²) in [6.45, 7) is 1.77. The van der Waals surface area contributed by atoms with Crippen LogP contribution in [0.3, 0.4) is 0 Å². The summed E-state index contributed by atoms with van der Waals surface area (Å²) in [6.07, 6.45) is 0.970. The lowest BCUT2D eigenvalue weighted by Crippen LogP contribution is -2.42. The molecular formula is C17H17ClF2N2. The van der Waals surface area contributed by atoms with Crippen LogP contribution < -0.4 is 10.2 Å². The van der Waals surface area contributed by atoms with Crippen LogP contribution >= 0.6 is 12.4 Å². The number of nitrogens with zero attached hydrogens (tertiary/aromatic N) is 1. The zero-order valence-corrected chi connectivity index (χ0v) is 12.7. The van der Waals surface area contributed by atoms with Crippen molar-refractivity contribution < 1.29 is 8.78 Å². The number of benzene rings is 2. The highest BCUT2D eigenvalue weighted by Crippen LogP contribution is 2.47. The fourth-order valence-corrected chi connectivity index (χ4v) is 3.65. The second kappa shape index (κ2) is 5.86. The Balaban J connectivity index is 0.00000144. The van der Waals surface area contributed by atoms with Crippen molar-refractivity contribution in [2.24, 2.45) is 0 Å². The average molecular weight is 323 g/mol. The molecule has 2 unspecified atom stereocenters. The summed E-state index contributed by atoms with van der Waals surface area (Å²) in [5, 5.41) is 3.38. The number of nitrogens with one attached hydrogen (secondary N) is 1. The third-order valence-corrected chi connectivity index (χ3v) is 4.51. The van der Waals surface area contributed by atoms with Gasteiger partial charge in [-0.1, -0.05) is 6.07 Å². The Morgan fingerprint density at radius 3 is 2.68 bits per heavy atom. The highest BCUT2D eigenvalue weighted by Gasteiger charge is 2.40. The third kappa shape index (κ3) is 2.36. The van der Waals surface area contributed by atoms with Gasteiger partial charge in [-0.05, 0) is 54.9 Å². The van der Waals surface area contributed by atoms with E-state index < -0.39 is 0 Å². The first-order chi connectivity index (χ1) is 10.2. The first kappa shape index (κ1) is 15.3. The third-order valence-electron chi connectivity index (χ3n) is 4.51. The van der Waals surface area contributed by atoms with Crippen LogP contribution in [-0.4, -0.2) is 19.1 Å². The number of hydrogen-bond donors (Lipinski definition) is 1. The Hall–Kier alpha value is -1.65. The van der Waals surface area contributed by atoms with Gasteiger partial charge in [0.2, 0.25) is 0 Å². The molecular weight excluding hydrogens is 306 g/mol. The number of piperidine rings is 1. The molecule has 0 amide bonds. The number of rotatable bonds is 1. The standard InChI is InChI=1S/C17H16F2N2.ClH/c18-11-2-1-3-13(8-11)21-16-5-4-12(19)9-14(16)15-10-20-7-6-17(15)21;/h1-5,8-9,15,17,20H,6-7,10H2;1H. The molecule has 0 aromatic heterocycles. The Bertz CT molecular complexity index is 692. The zero-order valence-electron chi connectivity index (χ0n) is 11.9. The van der Waals surface area contributed by atoms with E-state index in [1.807, 2.05) is 12.1 Å². The summed E-state index contributed by atoms with van der Waals surface area (Å²) in [5.41, 5.74) is 2.87. The Morgan fingerprint density at radius 1 is 1.05 bits per heavy atom. The van der Waals surface area contributed by atoms with Crippen LogP contribution in [-0.2, 0) is 0 Å². The van der Waals surface area contributed by atoms with Crippen LogP contribution in [0.5, 0.6) is 0 Å². The van der Waals surface area contributed by atoms with E-state index >= 15 is 0 Å². The molecule has 2 aliphatic heterocycles. The second-order valence-corrected chi connectivity index (χ2v) is 5.72. The van der Waals surface area contributed by atoms with Crippen LogP contribution in [0.1, 0.15) is 17.9 Å². The van der Waals surface area contributed by atoms with E-state index in [1.165, 1.54) is 12.1 Å². The lowest BCUT2D eigenvalue weighted by Gasteiger charge is -2.34. The molecule has 2 heterocycles. The first-order valence-corrected chi connectivity index (χ1v) is 7.29. The molecule has 1 saturated heterocycles. The molecule has 2 nitrogen and oxygen atoms in total. The van der Waals surface area contributed by atoms with Gasteiger partial charge in [-0.25, -0.2) is 8.78 Å². The van der Waals surface area contributed by atoms with E-state index in [4.69, 9.17) is 0 Å². The van der Waals surface area contributed by atoms with E-state index in [9.17, 15) is 8.78 Å². The number of halogens is 3. The Kier molecular flexibility index (Phi) is 4.06. The van der Waals surface area contributed by atoms with Gasteiger partial charge in [0.25, 0.3) is 0 Å². The molecule has 0 radical (unpaired) electrons. The number of hydrogen-bond acceptors (Lipinski definition) is 2. The molecule has 0 aliphatic carbocycles. The van der Waals surface area contributed by atoms with Crippen molar-refractivity contribution in [2.45, 2.75) is 18.4 Å². The van der Waals surface area contributed by atoms with E-state index in [0.29, 0.717) is 0 Å². The van der Waals surface area contributed by atoms with Crippen LogP contribution in [0.25, 0.3) is 0 Å². The molecule has 0 saturated carbocycles.